The van der Waals surface area contributed by atoms with Crippen LogP contribution in [0.15, 0.2) is 51.4 Å². The van der Waals surface area contributed by atoms with Crippen LogP contribution in [0.5, 0.6) is 0 Å². The molecule has 0 aromatic heterocycles. The molecule has 0 aliphatic heterocycles. The maximum Gasteiger partial charge on any atom is 0.124 e. The molecule has 2 aromatic carbocycles. The monoisotopic (exact) mass is 413 g/mol. The van der Waals surface area contributed by atoms with Crippen molar-refractivity contribution in [3.63, 3.8) is 0 Å². The molecule has 4 heteroatoms. The van der Waals surface area contributed by atoms with Crippen LogP contribution in [0.1, 0.15) is 18.1 Å². The number of likely N-dealkylation sites (N-methyl/N-ethyl adjacent to an activating group) is 1. The van der Waals surface area contributed by atoms with Gasteiger partial charge in [0.1, 0.15) is 5.82 Å². The maximum absolute atomic E-state index is 13.5. The van der Waals surface area contributed by atoms with Gasteiger partial charge in [-0.05, 0) is 60.8 Å². The fourth-order valence-corrected chi connectivity index (χ4v) is 3.43. The zero-order valence-electron chi connectivity index (χ0n) is 11.9. The first-order valence-electron chi connectivity index (χ1n) is 6.99. The first-order valence-corrected chi connectivity index (χ1v) is 8.58. The van der Waals surface area contributed by atoms with E-state index in [1.165, 1.54) is 11.6 Å². The van der Waals surface area contributed by atoms with Crippen molar-refractivity contribution in [3.8, 4) is 0 Å². The average Bonchev–Trinajstić information content (AvgIpc) is 2.37. The molecule has 1 unspecified atom stereocenters. The Morgan fingerprint density at radius 3 is 2.38 bits per heavy atom. The summed E-state index contributed by atoms with van der Waals surface area (Å²) < 4.78 is 15.4. The Bertz CT molecular complexity index is 581. The third-order valence-electron chi connectivity index (χ3n) is 3.27. The van der Waals surface area contributed by atoms with Crippen LogP contribution < -0.4 is 5.32 Å². The van der Waals surface area contributed by atoms with Crippen molar-refractivity contribution in [1.82, 2.24) is 5.32 Å². The van der Waals surface area contributed by atoms with Gasteiger partial charge >= 0.3 is 0 Å². The lowest BCUT2D eigenvalue weighted by Crippen LogP contribution is -2.33. The molecule has 1 N–H and O–H groups in total. The summed E-state index contributed by atoms with van der Waals surface area (Å²) >= 11 is 6.85. The SMILES string of the molecule is CCNC(Cc1cccc(Br)c1)Cc1cc(F)cc(Br)c1. The van der Waals surface area contributed by atoms with E-state index in [9.17, 15) is 4.39 Å². The van der Waals surface area contributed by atoms with Gasteiger partial charge in [-0.25, -0.2) is 4.39 Å². The minimum absolute atomic E-state index is 0.197. The van der Waals surface area contributed by atoms with Gasteiger partial charge < -0.3 is 5.32 Å². The van der Waals surface area contributed by atoms with E-state index in [0.717, 1.165) is 33.9 Å². The fourth-order valence-electron chi connectivity index (χ4n) is 2.47. The standard InChI is InChI=1S/C17H18Br2FN/c1-2-21-17(9-12-4-3-5-14(18)6-12)10-13-7-15(19)11-16(20)8-13/h3-8,11,17,21H,2,9-10H2,1H3. The van der Waals surface area contributed by atoms with Crippen LogP contribution in [0.25, 0.3) is 0 Å². The molecule has 0 fully saturated rings. The number of hydrogen-bond donors (Lipinski definition) is 1. The zero-order chi connectivity index (χ0) is 15.2. The molecule has 0 spiro atoms. The van der Waals surface area contributed by atoms with Gasteiger partial charge in [0.2, 0.25) is 0 Å². The van der Waals surface area contributed by atoms with Crippen molar-refractivity contribution in [2.75, 3.05) is 6.54 Å². The lowest BCUT2D eigenvalue weighted by Gasteiger charge is -2.18. The minimum Gasteiger partial charge on any atom is -0.314 e. The molecule has 1 atom stereocenters. The number of hydrogen-bond acceptors (Lipinski definition) is 1. The molecule has 2 rings (SSSR count). The number of benzene rings is 2. The molecule has 0 saturated heterocycles. The molecular formula is C17H18Br2FN. The molecule has 0 heterocycles. The van der Waals surface area contributed by atoms with Crippen molar-refractivity contribution in [2.24, 2.45) is 0 Å². The van der Waals surface area contributed by atoms with Crippen LogP contribution in [0, 0.1) is 5.82 Å². The number of rotatable bonds is 6. The van der Waals surface area contributed by atoms with Gasteiger partial charge in [0.15, 0.2) is 0 Å². The Hall–Kier alpha value is -0.710. The smallest absolute Gasteiger partial charge is 0.124 e. The lowest BCUT2D eigenvalue weighted by atomic mass is 9.99. The quantitative estimate of drug-likeness (QED) is 0.692. The van der Waals surface area contributed by atoms with E-state index in [1.807, 2.05) is 18.2 Å². The van der Waals surface area contributed by atoms with Crippen molar-refractivity contribution in [1.29, 1.82) is 0 Å². The second-order valence-electron chi connectivity index (χ2n) is 5.07. The van der Waals surface area contributed by atoms with Gasteiger partial charge in [0.25, 0.3) is 0 Å². The highest BCUT2D eigenvalue weighted by molar-refractivity contribution is 9.10. The predicted molar refractivity (Wildman–Crippen MR) is 93.1 cm³/mol. The van der Waals surface area contributed by atoms with Crippen LogP contribution in [-0.2, 0) is 12.8 Å². The van der Waals surface area contributed by atoms with Crippen LogP contribution in [0.4, 0.5) is 4.39 Å². The van der Waals surface area contributed by atoms with E-state index >= 15 is 0 Å². The van der Waals surface area contributed by atoms with Crippen molar-refractivity contribution < 1.29 is 4.39 Å². The molecule has 112 valence electrons. The van der Waals surface area contributed by atoms with Crippen molar-refractivity contribution in [3.05, 3.63) is 68.4 Å². The maximum atomic E-state index is 13.5. The van der Waals surface area contributed by atoms with Gasteiger partial charge in [-0.2, -0.15) is 0 Å². The summed E-state index contributed by atoms with van der Waals surface area (Å²) in [5.41, 5.74) is 2.27. The summed E-state index contributed by atoms with van der Waals surface area (Å²) in [6, 6.07) is 13.7. The van der Waals surface area contributed by atoms with E-state index in [4.69, 9.17) is 0 Å². The van der Waals surface area contributed by atoms with Crippen LogP contribution in [-0.4, -0.2) is 12.6 Å². The third-order valence-corrected chi connectivity index (χ3v) is 4.22. The zero-order valence-corrected chi connectivity index (χ0v) is 15.0. The van der Waals surface area contributed by atoms with Crippen molar-refractivity contribution >= 4 is 31.9 Å². The molecule has 0 aliphatic carbocycles. The highest BCUT2D eigenvalue weighted by Gasteiger charge is 2.11. The Morgan fingerprint density at radius 1 is 1.00 bits per heavy atom. The van der Waals surface area contributed by atoms with Crippen molar-refractivity contribution in [2.45, 2.75) is 25.8 Å². The molecule has 0 radical (unpaired) electrons. The summed E-state index contributed by atoms with van der Waals surface area (Å²) in [6.45, 7) is 2.99. The number of nitrogens with one attached hydrogen (secondary N) is 1. The van der Waals surface area contributed by atoms with Crippen LogP contribution >= 0.6 is 31.9 Å². The summed E-state index contributed by atoms with van der Waals surface area (Å²) in [6.07, 6.45) is 1.72. The normalized spacial score (nSPS) is 12.4. The van der Waals surface area contributed by atoms with Gasteiger partial charge in [0.05, 0.1) is 0 Å². The minimum atomic E-state index is -0.197. The first kappa shape index (κ1) is 16.7. The van der Waals surface area contributed by atoms with Gasteiger partial charge in [0, 0.05) is 15.0 Å². The molecule has 0 aliphatic rings. The Balaban J connectivity index is 2.11. The summed E-state index contributed by atoms with van der Waals surface area (Å²) in [4.78, 5) is 0. The van der Waals surface area contributed by atoms with Gasteiger partial charge in [-0.3, -0.25) is 0 Å². The second-order valence-corrected chi connectivity index (χ2v) is 6.90. The third kappa shape index (κ3) is 5.53. The molecule has 2 aromatic rings. The molecule has 0 amide bonds. The highest BCUT2D eigenvalue weighted by atomic mass is 79.9. The average molecular weight is 415 g/mol. The van der Waals surface area contributed by atoms with E-state index in [1.54, 1.807) is 6.07 Å². The highest BCUT2D eigenvalue weighted by Crippen LogP contribution is 2.18. The van der Waals surface area contributed by atoms with Gasteiger partial charge in [-0.15, -0.1) is 0 Å². The number of halogens is 3. The molecule has 0 bridgehead atoms. The van der Waals surface area contributed by atoms with Gasteiger partial charge in [-0.1, -0.05) is 50.9 Å². The summed E-state index contributed by atoms with van der Waals surface area (Å²) in [5.74, 6) is -0.197. The molecule has 21 heavy (non-hydrogen) atoms. The van der Waals surface area contributed by atoms with E-state index < -0.39 is 0 Å². The Morgan fingerprint density at radius 2 is 1.71 bits per heavy atom. The summed E-state index contributed by atoms with van der Waals surface area (Å²) in [7, 11) is 0. The Labute approximate surface area is 142 Å². The lowest BCUT2D eigenvalue weighted by molar-refractivity contribution is 0.519. The molecular weight excluding hydrogens is 397 g/mol. The van der Waals surface area contributed by atoms with Crippen LogP contribution in [0.2, 0.25) is 0 Å². The fraction of sp³-hybridized carbons (Fsp3) is 0.294. The van der Waals surface area contributed by atoms with E-state index in [0.29, 0.717) is 0 Å². The summed E-state index contributed by atoms with van der Waals surface area (Å²) in [5, 5.41) is 3.48. The second kappa shape index (κ2) is 8.06. The predicted octanol–water partition coefficient (Wildman–Crippen LogP) is 5.11. The van der Waals surface area contributed by atoms with Crippen LogP contribution in [0.3, 0.4) is 0 Å². The molecule has 1 nitrogen and oxygen atoms in total. The Kier molecular flexibility index (Phi) is 6.40. The van der Waals surface area contributed by atoms with E-state index in [2.05, 4.69) is 56.2 Å². The largest absolute Gasteiger partial charge is 0.314 e. The molecule has 0 saturated carbocycles. The first-order chi connectivity index (χ1) is 10.1. The van der Waals surface area contributed by atoms with E-state index in [-0.39, 0.29) is 11.9 Å². The topological polar surface area (TPSA) is 12.0 Å².